The van der Waals surface area contributed by atoms with Gasteiger partial charge in [-0.15, -0.1) is 0 Å². The predicted octanol–water partition coefficient (Wildman–Crippen LogP) is 0.715. The molecule has 0 fully saturated rings. The summed E-state index contributed by atoms with van der Waals surface area (Å²) < 4.78 is 12.9. The molecule has 0 aliphatic heterocycles. The fourth-order valence-corrected chi connectivity index (χ4v) is 1.90. The molecule has 0 aliphatic rings. The largest absolute Gasteiger partial charge is 0.351 e. The second kappa shape index (κ2) is 6.36. The van der Waals surface area contributed by atoms with Crippen LogP contribution in [0.5, 0.6) is 0 Å². The monoisotopic (exact) mass is 311 g/mol. The number of benzene rings is 1. The molecule has 0 unspecified atom stereocenters. The predicted molar refractivity (Wildman–Crippen MR) is 74.6 cm³/mol. The van der Waals surface area contributed by atoms with Crippen molar-refractivity contribution in [3.05, 3.63) is 67.2 Å². The Morgan fingerprint density at radius 1 is 1.29 bits per heavy atom. The smallest absolute Gasteiger partial charge is 0.325 e. The van der Waals surface area contributed by atoms with Gasteiger partial charge in [-0.3, -0.25) is 14.6 Å². The van der Waals surface area contributed by atoms with Gasteiger partial charge < -0.3 is 10.3 Å². The maximum atomic E-state index is 12.9. The first-order chi connectivity index (χ1) is 9.95. The third kappa shape index (κ3) is 4.03. The van der Waals surface area contributed by atoms with Crippen molar-refractivity contribution in [2.24, 2.45) is 0 Å². The summed E-state index contributed by atoms with van der Waals surface area (Å²) >= 11 is 5.82. The molecule has 2 rings (SSSR count). The van der Waals surface area contributed by atoms with Crippen LogP contribution in [0.25, 0.3) is 0 Å². The molecule has 0 saturated carbocycles. The summed E-state index contributed by atoms with van der Waals surface area (Å²) in [7, 11) is 0. The SMILES string of the molecule is O=C(Cc1ccc(F)cc1Cl)NCc1c[nH]c(=O)[nH]c1=O. The van der Waals surface area contributed by atoms with Gasteiger partial charge >= 0.3 is 5.69 Å². The van der Waals surface area contributed by atoms with Crippen LogP contribution in [0.3, 0.4) is 0 Å². The van der Waals surface area contributed by atoms with Gasteiger partial charge in [0.25, 0.3) is 5.56 Å². The van der Waals surface area contributed by atoms with Crippen molar-refractivity contribution in [1.82, 2.24) is 15.3 Å². The summed E-state index contributed by atoms with van der Waals surface area (Å²) in [4.78, 5) is 38.4. The van der Waals surface area contributed by atoms with E-state index in [1.807, 2.05) is 4.98 Å². The number of aromatic amines is 2. The molecule has 2 aromatic rings. The Bertz CT molecular complexity index is 785. The molecule has 0 atom stereocenters. The van der Waals surface area contributed by atoms with E-state index in [2.05, 4.69) is 10.3 Å². The first-order valence-electron chi connectivity index (χ1n) is 5.97. The normalized spacial score (nSPS) is 10.4. The lowest BCUT2D eigenvalue weighted by Gasteiger charge is -2.06. The van der Waals surface area contributed by atoms with Crippen molar-refractivity contribution in [2.75, 3.05) is 0 Å². The highest BCUT2D eigenvalue weighted by atomic mass is 35.5. The first kappa shape index (κ1) is 15.0. The van der Waals surface area contributed by atoms with Gasteiger partial charge in [-0.05, 0) is 17.7 Å². The molecule has 0 spiro atoms. The van der Waals surface area contributed by atoms with E-state index >= 15 is 0 Å². The molecule has 6 nitrogen and oxygen atoms in total. The van der Waals surface area contributed by atoms with Crippen molar-refractivity contribution in [1.29, 1.82) is 0 Å². The number of nitrogens with one attached hydrogen (secondary N) is 3. The maximum Gasteiger partial charge on any atom is 0.325 e. The summed E-state index contributed by atoms with van der Waals surface area (Å²) in [5.74, 6) is -0.863. The number of aromatic nitrogens is 2. The summed E-state index contributed by atoms with van der Waals surface area (Å²) in [5, 5.41) is 2.68. The molecule has 0 aliphatic carbocycles. The lowest BCUT2D eigenvalue weighted by molar-refractivity contribution is -0.120. The fourth-order valence-electron chi connectivity index (χ4n) is 1.66. The van der Waals surface area contributed by atoms with Crippen LogP contribution < -0.4 is 16.6 Å². The molecule has 8 heteroatoms. The maximum absolute atomic E-state index is 12.9. The number of hydrogen-bond acceptors (Lipinski definition) is 3. The Balaban J connectivity index is 1.99. The minimum Gasteiger partial charge on any atom is -0.351 e. The minimum atomic E-state index is -0.617. The highest BCUT2D eigenvalue weighted by Crippen LogP contribution is 2.17. The zero-order valence-corrected chi connectivity index (χ0v) is 11.5. The van der Waals surface area contributed by atoms with Crippen LogP contribution in [0.1, 0.15) is 11.1 Å². The van der Waals surface area contributed by atoms with Gasteiger partial charge in [0.1, 0.15) is 5.82 Å². The topological polar surface area (TPSA) is 94.8 Å². The zero-order valence-electron chi connectivity index (χ0n) is 10.7. The van der Waals surface area contributed by atoms with Gasteiger partial charge in [0.2, 0.25) is 5.91 Å². The van der Waals surface area contributed by atoms with Crippen molar-refractivity contribution in [3.63, 3.8) is 0 Å². The second-order valence-electron chi connectivity index (χ2n) is 4.29. The van der Waals surface area contributed by atoms with Crippen LogP contribution in [0, 0.1) is 5.82 Å². The van der Waals surface area contributed by atoms with E-state index in [4.69, 9.17) is 11.6 Å². The van der Waals surface area contributed by atoms with Gasteiger partial charge in [-0.2, -0.15) is 0 Å². The number of carbonyl (C=O) groups is 1. The Kier molecular flexibility index (Phi) is 4.54. The number of halogens is 2. The molecule has 1 aromatic heterocycles. The Morgan fingerprint density at radius 2 is 2.05 bits per heavy atom. The van der Waals surface area contributed by atoms with Crippen LogP contribution in [-0.2, 0) is 17.8 Å². The van der Waals surface area contributed by atoms with Crippen LogP contribution in [0.2, 0.25) is 5.02 Å². The van der Waals surface area contributed by atoms with Gasteiger partial charge in [-0.1, -0.05) is 17.7 Å². The second-order valence-corrected chi connectivity index (χ2v) is 4.69. The van der Waals surface area contributed by atoms with E-state index < -0.39 is 17.1 Å². The summed E-state index contributed by atoms with van der Waals surface area (Å²) in [6.07, 6.45) is 1.19. The standard InChI is InChI=1S/C13H11ClFN3O3/c14-10-4-9(15)2-1-7(10)3-11(19)16-5-8-6-17-13(21)18-12(8)20/h1-2,4,6H,3,5H2,(H,16,19)(H2,17,18,20,21). The van der Waals surface area contributed by atoms with E-state index in [0.717, 1.165) is 6.07 Å². The zero-order chi connectivity index (χ0) is 15.4. The van der Waals surface area contributed by atoms with Crippen molar-refractivity contribution in [2.45, 2.75) is 13.0 Å². The number of rotatable bonds is 4. The van der Waals surface area contributed by atoms with Gasteiger partial charge in [0.15, 0.2) is 0 Å². The third-order valence-electron chi connectivity index (χ3n) is 2.74. The summed E-state index contributed by atoms with van der Waals surface area (Å²) in [5.41, 5.74) is -0.494. The van der Waals surface area contributed by atoms with Crippen molar-refractivity contribution in [3.8, 4) is 0 Å². The average molecular weight is 312 g/mol. The Labute approximate surface area is 123 Å². The molecule has 3 N–H and O–H groups in total. The molecule has 1 heterocycles. The number of hydrogen-bond donors (Lipinski definition) is 3. The van der Waals surface area contributed by atoms with Crippen LogP contribution in [-0.4, -0.2) is 15.9 Å². The molecule has 0 radical (unpaired) electrons. The molecular weight excluding hydrogens is 301 g/mol. The lowest BCUT2D eigenvalue weighted by Crippen LogP contribution is -2.31. The Morgan fingerprint density at radius 3 is 2.71 bits per heavy atom. The van der Waals surface area contributed by atoms with Gasteiger partial charge in [0, 0.05) is 17.8 Å². The molecule has 0 saturated heterocycles. The lowest BCUT2D eigenvalue weighted by atomic mass is 10.1. The molecule has 21 heavy (non-hydrogen) atoms. The van der Waals surface area contributed by atoms with E-state index in [0.29, 0.717) is 5.56 Å². The van der Waals surface area contributed by atoms with E-state index in [1.54, 1.807) is 0 Å². The van der Waals surface area contributed by atoms with Gasteiger partial charge in [0.05, 0.1) is 12.0 Å². The quantitative estimate of drug-likeness (QED) is 0.776. The molecule has 1 aromatic carbocycles. The Hall–Kier alpha value is -2.41. The average Bonchev–Trinajstić information content (AvgIpc) is 2.41. The number of carbonyl (C=O) groups excluding carboxylic acids is 1. The third-order valence-corrected chi connectivity index (χ3v) is 3.09. The number of amides is 1. The summed E-state index contributed by atoms with van der Waals surface area (Å²) in [6.45, 7) is -0.0379. The molecule has 110 valence electrons. The molecule has 0 bridgehead atoms. The van der Waals surface area contributed by atoms with E-state index in [-0.39, 0.29) is 29.5 Å². The van der Waals surface area contributed by atoms with Crippen molar-refractivity contribution < 1.29 is 9.18 Å². The number of H-pyrrole nitrogens is 2. The first-order valence-corrected chi connectivity index (χ1v) is 6.35. The molecule has 1 amide bonds. The van der Waals surface area contributed by atoms with Crippen LogP contribution in [0.4, 0.5) is 4.39 Å². The molecular formula is C13H11ClFN3O3. The highest BCUT2D eigenvalue weighted by Gasteiger charge is 2.09. The minimum absolute atomic E-state index is 0.0379. The van der Waals surface area contributed by atoms with Crippen LogP contribution in [0.15, 0.2) is 34.0 Å². The summed E-state index contributed by atoms with van der Waals surface area (Å²) in [6, 6.07) is 3.75. The fraction of sp³-hybridized carbons (Fsp3) is 0.154. The van der Waals surface area contributed by atoms with Gasteiger partial charge in [-0.25, -0.2) is 9.18 Å². The van der Waals surface area contributed by atoms with E-state index in [1.165, 1.54) is 18.3 Å². The van der Waals surface area contributed by atoms with Crippen molar-refractivity contribution >= 4 is 17.5 Å². The van der Waals surface area contributed by atoms with Crippen LogP contribution >= 0.6 is 11.6 Å². The highest BCUT2D eigenvalue weighted by molar-refractivity contribution is 6.31. The van der Waals surface area contributed by atoms with E-state index in [9.17, 15) is 18.8 Å².